The highest BCUT2D eigenvalue weighted by atomic mass is 35.5. The van der Waals surface area contributed by atoms with Crippen molar-refractivity contribution in [1.29, 1.82) is 0 Å². The van der Waals surface area contributed by atoms with Crippen LogP contribution >= 0.6 is 12.4 Å². The number of hydrogen-bond acceptors (Lipinski definition) is 3. The van der Waals surface area contributed by atoms with Gasteiger partial charge in [-0.1, -0.05) is 32.9 Å². The average Bonchev–Trinajstić information content (AvgIpc) is 2.44. The van der Waals surface area contributed by atoms with Crippen molar-refractivity contribution in [2.24, 2.45) is 5.92 Å². The van der Waals surface area contributed by atoms with Crippen LogP contribution in [0.1, 0.15) is 32.3 Å². The third kappa shape index (κ3) is 7.34. The number of ether oxygens (including phenoxy) is 1. The van der Waals surface area contributed by atoms with Gasteiger partial charge in [-0.25, -0.2) is 0 Å². The Morgan fingerprint density at radius 2 is 1.81 bits per heavy atom. The maximum atomic E-state index is 11.7. The number of benzene rings is 1. The molecule has 21 heavy (non-hydrogen) atoms. The molecule has 1 unspecified atom stereocenters. The molecule has 5 heteroatoms. The fourth-order valence-corrected chi connectivity index (χ4v) is 1.87. The zero-order chi connectivity index (χ0) is 15.0. The fraction of sp³-hybridized carbons (Fsp3) is 0.562. The van der Waals surface area contributed by atoms with Gasteiger partial charge in [-0.05, 0) is 30.7 Å². The molecule has 0 heterocycles. The van der Waals surface area contributed by atoms with Crippen LogP contribution in [-0.4, -0.2) is 32.7 Å². The van der Waals surface area contributed by atoms with Crippen LogP contribution in [0.15, 0.2) is 24.3 Å². The second kappa shape index (κ2) is 10.5. The van der Waals surface area contributed by atoms with E-state index in [1.165, 1.54) is 5.56 Å². The van der Waals surface area contributed by atoms with Gasteiger partial charge in [0.15, 0.2) is 0 Å². The first-order valence-electron chi connectivity index (χ1n) is 7.19. The molecule has 1 aromatic rings. The molecule has 1 amide bonds. The largest absolute Gasteiger partial charge is 0.492 e. The molecule has 0 aliphatic rings. The van der Waals surface area contributed by atoms with Crippen molar-refractivity contribution in [2.75, 3.05) is 26.7 Å². The van der Waals surface area contributed by atoms with Gasteiger partial charge in [0.2, 0.25) is 5.91 Å². The highest BCUT2D eigenvalue weighted by molar-refractivity contribution is 5.85. The van der Waals surface area contributed by atoms with Crippen molar-refractivity contribution in [3.05, 3.63) is 29.8 Å². The summed E-state index contributed by atoms with van der Waals surface area (Å²) in [6.07, 6.45) is 0. The Balaban J connectivity index is 0.00000400. The lowest BCUT2D eigenvalue weighted by Gasteiger charge is -2.12. The summed E-state index contributed by atoms with van der Waals surface area (Å²) in [6.45, 7) is 7.92. The first-order chi connectivity index (χ1) is 9.54. The molecule has 2 N–H and O–H groups in total. The molecule has 0 aromatic heterocycles. The summed E-state index contributed by atoms with van der Waals surface area (Å²) in [6, 6.07) is 8.10. The Bertz CT molecular complexity index is 407. The van der Waals surface area contributed by atoms with Gasteiger partial charge < -0.3 is 15.4 Å². The van der Waals surface area contributed by atoms with E-state index >= 15 is 0 Å². The van der Waals surface area contributed by atoms with Gasteiger partial charge in [0.25, 0.3) is 0 Å². The summed E-state index contributed by atoms with van der Waals surface area (Å²) in [5.74, 6) is 1.40. The van der Waals surface area contributed by atoms with Crippen LogP contribution in [0.25, 0.3) is 0 Å². The van der Waals surface area contributed by atoms with Crippen LogP contribution in [0.5, 0.6) is 5.75 Å². The average molecular weight is 315 g/mol. The second-order valence-electron chi connectivity index (χ2n) is 5.32. The van der Waals surface area contributed by atoms with E-state index in [1.807, 2.05) is 26.1 Å². The zero-order valence-corrected chi connectivity index (χ0v) is 14.1. The summed E-state index contributed by atoms with van der Waals surface area (Å²) in [5, 5.41) is 5.85. The number of hydrogen-bond donors (Lipinski definition) is 2. The van der Waals surface area contributed by atoms with Crippen molar-refractivity contribution in [1.82, 2.24) is 10.6 Å². The highest BCUT2D eigenvalue weighted by Gasteiger charge is 2.10. The van der Waals surface area contributed by atoms with Crippen molar-refractivity contribution >= 4 is 18.3 Å². The Morgan fingerprint density at radius 1 is 1.19 bits per heavy atom. The van der Waals surface area contributed by atoms with E-state index in [4.69, 9.17) is 4.74 Å². The van der Waals surface area contributed by atoms with Gasteiger partial charge in [0.1, 0.15) is 12.4 Å². The number of carbonyl (C=O) groups excluding carboxylic acids is 1. The molecule has 0 bridgehead atoms. The highest BCUT2D eigenvalue weighted by Crippen LogP contribution is 2.18. The minimum Gasteiger partial charge on any atom is -0.492 e. The van der Waals surface area contributed by atoms with Crippen LogP contribution in [0.2, 0.25) is 0 Å². The van der Waals surface area contributed by atoms with Crippen LogP contribution in [0.4, 0.5) is 0 Å². The van der Waals surface area contributed by atoms with E-state index in [2.05, 4.69) is 36.6 Å². The molecule has 0 aliphatic heterocycles. The van der Waals surface area contributed by atoms with Crippen LogP contribution in [0.3, 0.4) is 0 Å². The van der Waals surface area contributed by atoms with E-state index in [-0.39, 0.29) is 24.2 Å². The molecule has 1 rings (SSSR count). The lowest BCUT2D eigenvalue weighted by atomic mass is 10.0. The van der Waals surface area contributed by atoms with Crippen molar-refractivity contribution in [2.45, 2.75) is 26.7 Å². The molecular weight excluding hydrogens is 288 g/mol. The van der Waals surface area contributed by atoms with E-state index in [0.29, 0.717) is 25.6 Å². The van der Waals surface area contributed by atoms with Crippen molar-refractivity contribution in [3.8, 4) is 5.75 Å². The molecule has 0 aliphatic carbocycles. The normalized spacial score (nSPS) is 11.7. The monoisotopic (exact) mass is 314 g/mol. The SMILES string of the molecule is CNCC(C)C(=O)NCCOc1ccc(C(C)C)cc1.Cl. The summed E-state index contributed by atoms with van der Waals surface area (Å²) in [7, 11) is 1.84. The lowest BCUT2D eigenvalue weighted by molar-refractivity contribution is -0.124. The first kappa shape index (κ1) is 19.7. The number of carbonyl (C=O) groups is 1. The van der Waals surface area contributed by atoms with Crippen LogP contribution in [0, 0.1) is 5.92 Å². The lowest BCUT2D eigenvalue weighted by Crippen LogP contribution is -2.36. The minimum absolute atomic E-state index is 0. The Labute approximate surface area is 134 Å². The van der Waals surface area contributed by atoms with E-state index in [9.17, 15) is 4.79 Å². The van der Waals surface area contributed by atoms with E-state index in [0.717, 1.165) is 5.75 Å². The van der Waals surface area contributed by atoms with Crippen molar-refractivity contribution < 1.29 is 9.53 Å². The number of nitrogens with one attached hydrogen (secondary N) is 2. The molecule has 1 atom stereocenters. The maximum absolute atomic E-state index is 11.7. The van der Waals surface area contributed by atoms with Gasteiger partial charge in [-0.2, -0.15) is 0 Å². The molecular formula is C16H27ClN2O2. The van der Waals surface area contributed by atoms with E-state index < -0.39 is 0 Å². The summed E-state index contributed by atoms with van der Waals surface area (Å²) < 4.78 is 5.60. The second-order valence-corrected chi connectivity index (χ2v) is 5.32. The number of rotatable bonds is 8. The van der Waals surface area contributed by atoms with Gasteiger partial charge in [-0.3, -0.25) is 4.79 Å². The van der Waals surface area contributed by atoms with Crippen LogP contribution < -0.4 is 15.4 Å². The number of amides is 1. The summed E-state index contributed by atoms with van der Waals surface area (Å²) in [5.41, 5.74) is 1.30. The molecule has 120 valence electrons. The maximum Gasteiger partial charge on any atom is 0.224 e. The molecule has 0 radical (unpaired) electrons. The van der Waals surface area contributed by atoms with Gasteiger partial charge in [-0.15, -0.1) is 12.4 Å². The predicted octanol–water partition coefficient (Wildman–Crippen LogP) is 2.58. The van der Waals surface area contributed by atoms with Crippen molar-refractivity contribution in [3.63, 3.8) is 0 Å². The van der Waals surface area contributed by atoms with Gasteiger partial charge >= 0.3 is 0 Å². The topological polar surface area (TPSA) is 50.4 Å². The van der Waals surface area contributed by atoms with Gasteiger partial charge in [0, 0.05) is 12.5 Å². The molecule has 0 spiro atoms. The Hall–Kier alpha value is -1.26. The smallest absolute Gasteiger partial charge is 0.224 e. The third-order valence-electron chi connectivity index (χ3n) is 3.17. The van der Waals surface area contributed by atoms with Crippen LogP contribution in [-0.2, 0) is 4.79 Å². The fourth-order valence-electron chi connectivity index (χ4n) is 1.87. The minimum atomic E-state index is -0.0228. The Kier molecular flexibility index (Phi) is 9.84. The van der Waals surface area contributed by atoms with Gasteiger partial charge in [0.05, 0.1) is 6.54 Å². The zero-order valence-electron chi connectivity index (χ0n) is 13.3. The van der Waals surface area contributed by atoms with E-state index in [1.54, 1.807) is 0 Å². The molecule has 0 fully saturated rings. The third-order valence-corrected chi connectivity index (χ3v) is 3.17. The molecule has 1 aromatic carbocycles. The number of halogens is 1. The first-order valence-corrected chi connectivity index (χ1v) is 7.19. The summed E-state index contributed by atoms with van der Waals surface area (Å²) in [4.78, 5) is 11.7. The molecule has 4 nitrogen and oxygen atoms in total. The Morgan fingerprint density at radius 3 is 2.33 bits per heavy atom. The quantitative estimate of drug-likeness (QED) is 0.725. The summed E-state index contributed by atoms with van der Waals surface area (Å²) >= 11 is 0. The standard InChI is InChI=1S/C16H26N2O2.ClH/c1-12(2)14-5-7-15(8-6-14)20-10-9-18-16(19)13(3)11-17-4;/h5-8,12-13,17H,9-11H2,1-4H3,(H,18,19);1H. The molecule has 0 saturated carbocycles. The molecule has 0 saturated heterocycles. The predicted molar refractivity (Wildman–Crippen MR) is 89.4 cm³/mol.